The minimum atomic E-state index is -4.35. The molecule has 21 heavy (non-hydrogen) atoms. The summed E-state index contributed by atoms with van der Waals surface area (Å²) >= 11 is 0. The largest absolute Gasteiger partial charge is 0.489 e. The van der Waals surface area contributed by atoms with Crippen LogP contribution in [0.3, 0.4) is 0 Å². The molecular formula is C15H20F3NO2. The van der Waals surface area contributed by atoms with Gasteiger partial charge in [0.2, 0.25) is 0 Å². The minimum absolute atomic E-state index is 0.213. The van der Waals surface area contributed by atoms with E-state index in [2.05, 4.69) is 5.32 Å². The van der Waals surface area contributed by atoms with Crippen LogP contribution in [0.4, 0.5) is 13.2 Å². The van der Waals surface area contributed by atoms with E-state index in [4.69, 9.17) is 9.47 Å². The lowest BCUT2D eigenvalue weighted by Crippen LogP contribution is -2.34. The van der Waals surface area contributed by atoms with Crippen LogP contribution in [0, 0.1) is 0 Å². The summed E-state index contributed by atoms with van der Waals surface area (Å²) in [4.78, 5) is 0. The van der Waals surface area contributed by atoms with Crippen LogP contribution in [0.2, 0.25) is 0 Å². The van der Waals surface area contributed by atoms with Crippen molar-refractivity contribution in [2.24, 2.45) is 0 Å². The number of benzene rings is 1. The van der Waals surface area contributed by atoms with Crippen molar-refractivity contribution in [1.82, 2.24) is 5.32 Å². The van der Waals surface area contributed by atoms with E-state index in [-0.39, 0.29) is 18.0 Å². The Kier molecular flexibility index (Phi) is 5.47. The average Bonchev–Trinajstić information content (AvgIpc) is 2.91. The Hall–Kier alpha value is -1.27. The third-order valence-corrected chi connectivity index (χ3v) is 3.33. The summed E-state index contributed by atoms with van der Waals surface area (Å²) < 4.78 is 48.8. The molecule has 0 aliphatic carbocycles. The van der Waals surface area contributed by atoms with Gasteiger partial charge in [0.25, 0.3) is 0 Å². The molecule has 0 saturated carbocycles. The molecule has 1 aliphatic heterocycles. The molecule has 1 fully saturated rings. The Bertz CT molecular complexity index is 445. The normalized spacial score (nSPS) is 20.5. The van der Waals surface area contributed by atoms with Crippen molar-refractivity contribution in [2.45, 2.75) is 38.1 Å². The number of alkyl halides is 3. The molecule has 3 nitrogen and oxygen atoms in total. The standard InChI is InChI=1S/C15H20F3NO2/c1-11(9-19-10-14-6-3-7-20-14)21-13-5-2-4-12(8-13)15(16,17)18/h2,4-5,8,11,14,19H,3,6-7,9-10H2,1H3. The van der Waals surface area contributed by atoms with Gasteiger partial charge in [0.15, 0.2) is 0 Å². The van der Waals surface area contributed by atoms with Gasteiger partial charge in [-0.2, -0.15) is 13.2 Å². The Morgan fingerprint density at radius 2 is 2.24 bits per heavy atom. The Balaban J connectivity index is 1.77. The Morgan fingerprint density at radius 3 is 2.90 bits per heavy atom. The molecule has 0 bridgehead atoms. The predicted octanol–water partition coefficient (Wildman–Crippen LogP) is 3.24. The summed E-state index contributed by atoms with van der Waals surface area (Å²) in [7, 11) is 0. The highest BCUT2D eigenvalue weighted by Crippen LogP contribution is 2.31. The van der Waals surface area contributed by atoms with E-state index in [1.807, 2.05) is 6.92 Å². The maximum atomic E-state index is 12.6. The quantitative estimate of drug-likeness (QED) is 0.875. The zero-order valence-electron chi connectivity index (χ0n) is 12.0. The second-order valence-corrected chi connectivity index (χ2v) is 5.25. The maximum absolute atomic E-state index is 12.6. The molecule has 1 aromatic carbocycles. The maximum Gasteiger partial charge on any atom is 0.416 e. The molecule has 6 heteroatoms. The average molecular weight is 303 g/mol. The highest BCUT2D eigenvalue weighted by atomic mass is 19.4. The first-order valence-corrected chi connectivity index (χ1v) is 7.11. The van der Waals surface area contributed by atoms with Crippen molar-refractivity contribution < 1.29 is 22.6 Å². The van der Waals surface area contributed by atoms with Gasteiger partial charge in [-0.25, -0.2) is 0 Å². The van der Waals surface area contributed by atoms with Gasteiger partial charge < -0.3 is 14.8 Å². The first-order valence-electron chi connectivity index (χ1n) is 7.11. The van der Waals surface area contributed by atoms with Gasteiger partial charge in [-0.3, -0.25) is 0 Å². The van der Waals surface area contributed by atoms with E-state index in [9.17, 15) is 13.2 Å². The molecule has 1 saturated heterocycles. The van der Waals surface area contributed by atoms with E-state index >= 15 is 0 Å². The number of rotatable bonds is 6. The second kappa shape index (κ2) is 7.13. The summed E-state index contributed by atoms with van der Waals surface area (Å²) in [6.45, 7) is 3.94. The van der Waals surface area contributed by atoms with Crippen LogP contribution in [-0.2, 0) is 10.9 Å². The molecule has 2 rings (SSSR count). The first kappa shape index (κ1) is 16.1. The molecule has 2 unspecified atom stereocenters. The third-order valence-electron chi connectivity index (χ3n) is 3.33. The molecule has 1 aliphatic rings. The molecule has 2 atom stereocenters. The number of nitrogens with one attached hydrogen (secondary N) is 1. The van der Waals surface area contributed by atoms with E-state index in [1.165, 1.54) is 12.1 Å². The highest BCUT2D eigenvalue weighted by molar-refractivity contribution is 5.30. The highest BCUT2D eigenvalue weighted by Gasteiger charge is 2.30. The van der Waals surface area contributed by atoms with Crippen molar-refractivity contribution in [2.75, 3.05) is 19.7 Å². The van der Waals surface area contributed by atoms with Crippen LogP contribution < -0.4 is 10.1 Å². The monoisotopic (exact) mass is 303 g/mol. The third kappa shape index (κ3) is 5.21. The van der Waals surface area contributed by atoms with Gasteiger partial charge >= 0.3 is 6.18 Å². The predicted molar refractivity (Wildman–Crippen MR) is 73.4 cm³/mol. The molecule has 1 N–H and O–H groups in total. The van der Waals surface area contributed by atoms with Gasteiger partial charge in [-0.05, 0) is 38.0 Å². The zero-order valence-corrected chi connectivity index (χ0v) is 12.0. The first-order chi connectivity index (χ1) is 9.95. The fourth-order valence-electron chi connectivity index (χ4n) is 2.27. The lowest BCUT2D eigenvalue weighted by Gasteiger charge is -2.18. The molecule has 0 spiro atoms. The van der Waals surface area contributed by atoms with Crippen LogP contribution in [0.1, 0.15) is 25.3 Å². The number of ether oxygens (including phenoxy) is 2. The molecule has 1 aromatic rings. The van der Waals surface area contributed by atoms with Crippen LogP contribution in [-0.4, -0.2) is 31.9 Å². The van der Waals surface area contributed by atoms with E-state index in [0.29, 0.717) is 6.54 Å². The van der Waals surface area contributed by atoms with Gasteiger partial charge in [0.1, 0.15) is 11.9 Å². The lowest BCUT2D eigenvalue weighted by atomic mass is 10.2. The number of hydrogen-bond donors (Lipinski definition) is 1. The van der Waals surface area contributed by atoms with E-state index in [0.717, 1.165) is 38.1 Å². The lowest BCUT2D eigenvalue weighted by molar-refractivity contribution is -0.137. The second-order valence-electron chi connectivity index (χ2n) is 5.25. The molecule has 118 valence electrons. The summed E-state index contributed by atoms with van der Waals surface area (Å²) in [5.41, 5.74) is -0.695. The fraction of sp³-hybridized carbons (Fsp3) is 0.600. The smallest absolute Gasteiger partial charge is 0.416 e. The summed E-state index contributed by atoms with van der Waals surface area (Å²) in [6.07, 6.45) is -2.18. The van der Waals surface area contributed by atoms with Crippen LogP contribution >= 0.6 is 0 Å². The van der Waals surface area contributed by atoms with Gasteiger partial charge in [0.05, 0.1) is 11.7 Å². The molecule has 0 aromatic heterocycles. The molecule has 0 radical (unpaired) electrons. The minimum Gasteiger partial charge on any atom is -0.489 e. The Labute approximate surface area is 122 Å². The topological polar surface area (TPSA) is 30.5 Å². The van der Waals surface area contributed by atoms with Crippen molar-refractivity contribution >= 4 is 0 Å². The SMILES string of the molecule is CC(CNCC1CCCO1)Oc1cccc(C(F)(F)F)c1. The number of hydrogen-bond acceptors (Lipinski definition) is 3. The van der Waals surface area contributed by atoms with Gasteiger partial charge in [-0.15, -0.1) is 0 Å². The van der Waals surface area contributed by atoms with Crippen molar-refractivity contribution in [3.8, 4) is 5.75 Å². The zero-order chi connectivity index (χ0) is 15.3. The van der Waals surface area contributed by atoms with Gasteiger partial charge in [-0.1, -0.05) is 6.07 Å². The Morgan fingerprint density at radius 1 is 1.43 bits per heavy atom. The van der Waals surface area contributed by atoms with Crippen molar-refractivity contribution in [3.05, 3.63) is 29.8 Å². The number of halogens is 3. The van der Waals surface area contributed by atoms with Crippen molar-refractivity contribution in [1.29, 1.82) is 0 Å². The fourth-order valence-corrected chi connectivity index (χ4v) is 2.27. The molecule has 0 amide bonds. The van der Waals surface area contributed by atoms with Crippen LogP contribution in [0.5, 0.6) is 5.75 Å². The molecule has 1 heterocycles. The van der Waals surface area contributed by atoms with Gasteiger partial charge in [0, 0.05) is 19.7 Å². The van der Waals surface area contributed by atoms with E-state index < -0.39 is 11.7 Å². The summed E-state index contributed by atoms with van der Waals surface area (Å²) in [5.74, 6) is 0.233. The van der Waals surface area contributed by atoms with Crippen LogP contribution in [0.15, 0.2) is 24.3 Å². The summed E-state index contributed by atoms with van der Waals surface area (Å²) in [5, 5.41) is 3.22. The summed E-state index contributed by atoms with van der Waals surface area (Å²) in [6, 6.07) is 4.94. The van der Waals surface area contributed by atoms with Crippen LogP contribution in [0.25, 0.3) is 0 Å². The van der Waals surface area contributed by atoms with Crippen molar-refractivity contribution in [3.63, 3.8) is 0 Å². The van der Waals surface area contributed by atoms with E-state index in [1.54, 1.807) is 0 Å². The molecular weight excluding hydrogens is 283 g/mol.